The van der Waals surface area contributed by atoms with Gasteiger partial charge < -0.3 is 10.2 Å². The molecule has 0 aromatic carbocycles. The number of hydrogen-bond acceptors (Lipinski definition) is 3. The van der Waals surface area contributed by atoms with E-state index in [-0.39, 0.29) is 0 Å². The third-order valence-corrected chi connectivity index (χ3v) is 4.85. The monoisotopic (exact) mass is 236 g/mol. The molecule has 2 fully saturated rings. The van der Waals surface area contributed by atoms with E-state index in [0.717, 1.165) is 6.54 Å². The average Bonchev–Trinajstić information content (AvgIpc) is 2.94. The van der Waals surface area contributed by atoms with Crippen LogP contribution in [0.15, 0.2) is 16.8 Å². The van der Waals surface area contributed by atoms with Crippen LogP contribution in [0.4, 0.5) is 5.69 Å². The van der Waals surface area contributed by atoms with E-state index in [9.17, 15) is 0 Å². The number of nitrogens with zero attached hydrogens (tertiary/aromatic N) is 1. The smallest absolute Gasteiger partial charge is 0.0478 e. The zero-order valence-electron chi connectivity index (χ0n) is 9.91. The maximum absolute atomic E-state index is 3.80. The Balaban J connectivity index is 1.81. The molecule has 3 rings (SSSR count). The highest BCUT2D eigenvalue weighted by molar-refractivity contribution is 7.08. The van der Waals surface area contributed by atoms with Crippen LogP contribution in [0.2, 0.25) is 0 Å². The fraction of sp³-hybridized carbons (Fsp3) is 0.692. The zero-order chi connectivity index (χ0) is 11.0. The summed E-state index contributed by atoms with van der Waals surface area (Å²) in [7, 11) is 0. The first-order chi connectivity index (χ1) is 7.79. The number of piperazine rings is 1. The van der Waals surface area contributed by atoms with E-state index in [1.807, 2.05) is 0 Å². The van der Waals surface area contributed by atoms with Gasteiger partial charge in [-0.05, 0) is 31.2 Å². The van der Waals surface area contributed by atoms with E-state index in [0.29, 0.717) is 11.6 Å². The molecular formula is C13H20N2S. The Bertz CT molecular complexity index is 341. The van der Waals surface area contributed by atoms with Gasteiger partial charge in [-0.15, -0.1) is 0 Å². The van der Waals surface area contributed by atoms with Crippen molar-refractivity contribution < 1.29 is 0 Å². The summed E-state index contributed by atoms with van der Waals surface area (Å²) in [6.45, 7) is 4.66. The summed E-state index contributed by atoms with van der Waals surface area (Å²) in [5.41, 5.74) is 1.85. The van der Waals surface area contributed by atoms with Crippen LogP contribution in [0.25, 0.3) is 0 Å². The molecule has 88 valence electrons. The predicted molar refractivity (Wildman–Crippen MR) is 70.3 cm³/mol. The first kappa shape index (κ1) is 10.6. The number of thiophene rings is 1. The quantitative estimate of drug-likeness (QED) is 0.806. The van der Waals surface area contributed by atoms with Crippen molar-refractivity contribution >= 4 is 17.0 Å². The molecule has 1 aromatic rings. The molecular weight excluding hydrogens is 216 g/mol. The molecule has 1 saturated carbocycles. The zero-order valence-corrected chi connectivity index (χ0v) is 10.7. The van der Waals surface area contributed by atoms with Gasteiger partial charge in [0.15, 0.2) is 0 Å². The van der Waals surface area contributed by atoms with Crippen LogP contribution in [0.3, 0.4) is 0 Å². The Morgan fingerprint density at radius 2 is 2.25 bits per heavy atom. The Morgan fingerprint density at radius 1 is 1.44 bits per heavy atom. The number of hydrogen-bond donors (Lipinski definition) is 1. The summed E-state index contributed by atoms with van der Waals surface area (Å²) in [6, 6.07) is 2.88. The minimum absolute atomic E-state index is 0.425. The lowest BCUT2D eigenvalue weighted by Gasteiger charge is -2.46. The van der Waals surface area contributed by atoms with Crippen molar-refractivity contribution in [1.82, 2.24) is 5.32 Å². The lowest BCUT2D eigenvalue weighted by molar-refractivity contribution is 0.277. The molecule has 3 heteroatoms. The highest BCUT2D eigenvalue weighted by Crippen LogP contribution is 2.35. The molecule has 0 bridgehead atoms. The summed E-state index contributed by atoms with van der Waals surface area (Å²) >= 11 is 1.80. The van der Waals surface area contributed by atoms with Crippen molar-refractivity contribution in [3.63, 3.8) is 0 Å². The molecule has 1 saturated heterocycles. The molecule has 1 spiro atoms. The third kappa shape index (κ3) is 1.76. The predicted octanol–water partition coefficient (Wildman–Crippen LogP) is 2.86. The van der Waals surface area contributed by atoms with Gasteiger partial charge in [0.2, 0.25) is 0 Å². The summed E-state index contributed by atoms with van der Waals surface area (Å²) in [5, 5.41) is 8.27. The largest absolute Gasteiger partial charge is 0.365 e. The maximum Gasteiger partial charge on any atom is 0.0478 e. The molecule has 0 radical (unpaired) electrons. The molecule has 1 atom stereocenters. The number of nitrogens with one attached hydrogen (secondary N) is 1. The molecule has 1 aliphatic carbocycles. The van der Waals surface area contributed by atoms with Crippen LogP contribution in [-0.2, 0) is 0 Å². The number of anilines is 1. The van der Waals surface area contributed by atoms with Gasteiger partial charge >= 0.3 is 0 Å². The molecule has 1 aromatic heterocycles. The molecule has 0 amide bonds. The standard InChI is InChI=1S/C13H20N2S/c1-11-8-14-13(5-2-3-6-13)10-15(11)12-4-7-16-9-12/h4,7,9,11,14H,2-3,5-6,8,10H2,1H3. The van der Waals surface area contributed by atoms with Crippen molar-refractivity contribution in [3.05, 3.63) is 16.8 Å². The Labute approximate surface area is 102 Å². The van der Waals surface area contributed by atoms with E-state index in [1.54, 1.807) is 11.3 Å². The SMILES string of the molecule is CC1CNC2(CCCC2)CN1c1ccsc1. The first-order valence-electron chi connectivity index (χ1n) is 6.33. The Morgan fingerprint density at radius 3 is 2.94 bits per heavy atom. The minimum atomic E-state index is 0.425. The number of rotatable bonds is 1. The second-order valence-corrected chi connectivity index (χ2v) is 6.11. The lowest BCUT2D eigenvalue weighted by Crippen LogP contribution is -2.62. The fourth-order valence-electron chi connectivity index (χ4n) is 3.17. The third-order valence-electron chi connectivity index (χ3n) is 4.18. The van der Waals surface area contributed by atoms with Crippen LogP contribution in [0, 0.1) is 0 Å². The van der Waals surface area contributed by atoms with Gasteiger partial charge in [0.1, 0.15) is 0 Å². The van der Waals surface area contributed by atoms with Crippen LogP contribution >= 0.6 is 11.3 Å². The molecule has 16 heavy (non-hydrogen) atoms. The van der Waals surface area contributed by atoms with Gasteiger partial charge in [-0.25, -0.2) is 0 Å². The molecule has 1 N–H and O–H groups in total. The van der Waals surface area contributed by atoms with Gasteiger partial charge in [-0.1, -0.05) is 12.8 Å². The Kier molecular flexibility index (Phi) is 2.68. The summed E-state index contributed by atoms with van der Waals surface area (Å²) in [5.74, 6) is 0. The average molecular weight is 236 g/mol. The van der Waals surface area contributed by atoms with E-state index in [2.05, 4.69) is 34.0 Å². The summed E-state index contributed by atoms with van der Waals surface area (Å²) in [6.07, 6.45) is 5.53. The highest BCUT2D eigenvalue weighted by atomic mass is 32.1. The van der Waals surface area contributed by atoms with Crippen LogP contribution < -0.4 is 10.2 Å². The molecule has 2 nitrogen and oxygen atoms in total. The summed E-state index contributed by atoms with van der Waals surface area (Å²) < 4.78 is 0. The van der Waals surface area contributed by atoms with Gasteiger partial charge in [-0.3, -0.25) is 0 Å². The van der Waals surface area contributed by atoms with Crippen LogP contribution in [-0.4, -0.2) is 24.7 Å². The minimum Gasteiger partial charge on any atom is -0.365 e. The van der Waals surface area contributed by atoms with E-state index < -0.39 is 0 Å². The summed E-state index contributed by atoms with van der Waals surface area (Å²) in [4.78, 5) is 2.60. The molecule has 1 aliphatic heterocycles. The maximum atomic E-state index is 3.80. The van der Waals surface area contributed by atoms with Gasteiger partial charge in [0, 0.05) is 35.7 Å². The van der Waals surface area contributed by atoms with E-state index in [1.165, 1.54) is 37.9 Å². The highest BCUT2D eigenvalue weighted by Gasteiger charge is 2.39. The van der Waals surface area contributed by atoms with Crippen LogP contribution in [0.5, 0.6) is 0 Å². The normalized spacial score (nSPS) is 28.8. The van der Waals surface area contributed by atoms with Crippen molar-refractivity contribution in [3.8, 4) is 0 Å². The lowest BCUT2D eigenvalue weighted by atomic mass is 9.92. The molecule has 2 aliphatic rings. The first-order valence-corrected chi connectivity index (χ1v) is 7.27. The van der Waals surface area contributed by atoms with Gasteiger partial charge in [0.25, 0.3) is 0 Å². The van der Waals surface area contributed by atoms with Crippen molar-refractivity contribution in [2.75, 3.05) is 18.0 Å². The Hall–Kier alpha value is -0.540. The van der Waals surface area contributed by atoms with E-state index in [4.69, 9.17) is 0 Å². The molecule has 2 heterocycles. The van der Waals surface area contributed by atoms with Crippen LogP contribution in [0.1, 0.15) is 32.6 Å². The van der Waals surface area contributed by atoms with Gasteiger partial charge in [0.05, 0.1) is 0 Å². The van der Waals surface area contributed by atoms with Gasteiger partial charge in [-0.2, -0.15) is 11.3 Å². The second kappa shape index (κ2) is 4.04. The van der Waals surface area contributed by atoms with Crippen molar-refractivity contribution in [2.45, 2.75) is 44.2 Å². The van der Waals surface area contributed by atoms with Crippen molar-refractivity contribution in [2.24, 2.45) is 0 Å². The van der Waals surface area contributed by atoms with E-state index >= 15 is 0 Å². The second-order valence-electron chi connectivity index (χ2n) is 5.33. The fourth-order valence-corrected chi connectivity index (χ4v) is 3.82. The van der Waals surface area contributed by atoms with Crippen molar-refractivity contribution in [1.29, 1.82) is 0 Å². The molecule has 1 unspecified atom stereocenters. The topological polar surface area (TPSA) is 15.3 Å².